The Bertz CT molecular complexity index is 941. The van der Waals surface area contributed by atoms with E-state index >= 15 is 0 Å². The van der Waals surface area contributed by atoms with Gasteiger partial charge in [-0.15, -0.1) is 0 Å². The fourth-order valence-corrected chi connectivity index (χ4v) is 4.53. The lowest BCUT2D eigenvalue weighted by atomic mass is 10.2. The summed E-state index contributed by atoms with van der Waals surface area (Å²) in [7, 11) is -0.381. The second kappa shape index (κ2) is 9.23. The van der Waals surface area contributed by atoms with Gasteiger partial charge < -0.3 is 19.5 Å². The average Bonchev–Trinajstić information content (AvgIpc) is 3.21. The van der Waals surface area contributed by atoms with Crippen molar-refractivity contribution in [2.24, 2.45) is 4.99 Å². The quantitative estimate of drug-likeness (QED) is 0.545. The monoisotopic (exact) mass is 425 g/mol. The first kappa shape index (κ1) is 21.1. The Morgan fingerprint density at radius 3 is 2.66 bits per heavy atom. The number of hydrogen-bond donors (Lipinski definition) is 1. The summed E-state index contributed by atoms with van der Waals surface area (Å²) in [6.45, 7) is 2.07. The van der Waals surface area contributed by atoms with E-state index in [1.54, 1.807) is 25.2 Å². The third-order valence-corrected chi connectivity index (χ3v) is 6.44. The van der Waals surface area contributed by atoms with Gasteiger partial charge in [0.2, 0.25) is 10.0 Å². The van der Waals surface area contributed by atoms with Crippen molar-refractivity contribution < 1.29 is 22.1 Å². The molecule has 1 fully saturated rings. The predicted octanol–water partition coefficient (Wildman–Crippen LogP) is 1.05. The van der Waals surface area contributed by atoms with Gasteiger partial charge in [0.05, 0.1) is 12.8 Å². The van der Waals surface area contributed by atoms with Crippen molar-refractivity contribution in [1.29, 1.82) is 0 Å². The molecular formula is C18H24FN5O4S. The lowest BCUT2D eigenvalue weighted by molar-refractivity contribution is 0.259. The number of halogens is 1. The van der Waals surface area contributed by atoms with Crippen LogP contribution in [0.1, 0.15) is 11.3 Å². The zero-order valence-electron chi connectivity index (χ0n) is 16.3. The van der Waals surface area contributed by atoms with E-state index < -0.39 is 15.8 Å². The summed E-state index contributed by atoms with van der Waals surface area (Å²) in [6.07, 6.45) is 1.35. The number of nitrogens with one attached hydrogen (secondary N) is 1. The molecule has 1 aliphatic rings. The smallest absolute Gasteiger partial charge is 0.220 e. The van der Waals surface area contributed by atoms with Crippen LogP contribution in [0.4, 0.5) is 4.39 Å². The number of rotatable bonds is 6. The summed E-state index contributed by atoms with van der Waals surface area (Å²) < 4.78 is 50.0. The third-order valence-electron chi connectivity index (χ3n) is 4.63. The van der Waals surface area contributed by atoms with E-state index in [0.717, 1.165) is 5.56 Å². The molecule has 3 rings (SSSR count). The van der Waals surface area contributed by atoms with Crippen molar-refractivity contribution in [2.75, 3.05) is 40.3 Å². The lowest BCUT2D eigenvalue weighted by Gasteiger charge is -2.35. The van der Waals surface area contributed by atoms with Crippen LogP contribution < -0.4 is 10.1 Å². The van der Waals surface area contributed by atoms with Crippen LogP contribution in [0.2, 0.25) is 0 Å². The molecule has 1 aromatic heterocycles. The van der Waals surface area contributed by atoms with E-state index in [2.05, 4.69) is 15.5 Å². The van der Waals surface area contributed by atoms with Crippen molar-refractivity contribution >= 4 is 16.0 Å². The Labute approximate surface area is 169 Å². The van der Waals surface area contributed by atoms with Crippen LogP contribution in [0.25, 0.3) is 0 Å². The lowest BCUT2D eigenvalue weighted by Crippen LogP contribution is -2.53. The van der Waals surface area contributed by atoms with Gasteiger partial charge in [-0.2, -0.15) is 4.31 Å². The number of aliphatic imine (C=N–C) groups is 1. The Morgan fingerprint density at radius 1 is 1.31 bits per heavy atom. The maximum Gasteiger partial charge on any atom is 0.220 e. The van der Waals surface area contributed by atoms with Crippen molar-refractivity contribution in [3.05, 3.63) is 47.6 Å². The summed E-state index contributed by atoms with van der Waals surface area (Å²) in [5.74, 6) is 0.225. The zero-order valence-corrected chi connectivity index (χ0v) is 17.2. The van der Waals surface area contributed by atoms with Crippen molar-refractivity contribution in [3.63, 3.8) is 0 Å². The second-order valence-electron chi connectivity index (χ2n) is 6.50. The van der Waals surface area contributed by atoms with E-state index in [1.165, 1.54) is 23.7 Å². The SMILES string of the molecule is CN=C(NCc1ccc(OC)c(F)c1)N1CCN(S(=O)(=O)Cc2ccon2)CC1. The highest BCUT2D eigenvalue weighted by molar-refractivity contribution is 7.88. The van der Waals surface area contributed by atoms with Gasteiger partial charge in [0.25, 0.3) is 0 Å². The molecule has 11 heteroatoms. The summed E-state index contributed by atoms with van der Waals surface area (Å²) in [5.41, 5.74) is 1.13. The summed E-state index contributed by atoms with van der Waals surface area (Å²) in [6, 6.07) is 6.30. The van der Waals surface area contributed by atoms with Gasteiger partial charge in [-0.25, -0.2) is 12.8 Å². The standard InChI is InChI=1S/C18H24FN5O4S/c1-20-18(21-12-14-3-4-17(27-2)16(19)11-14)23-6-8-24(9-7-23)29(25,26)13-15-5-10-28-22-15/h3-5,10-11H,6-9,12-13H2,1-2H3,(H,20,21). The largest absolute Gasteiger partial charge is 0.494 e. The number of ether oxygens (including phenoxy) is 1. The van der Waals surface area contributed by atoms with Crippen LogP contribution >= 0.6 is 0 Å². The number of guanidine groups is 1. The van der Waals surface area contributed by atoms with Crippen molar-refractivity contribution in [3.8, 4) is 5.75 Å². The fraction of sp³-hybridized carbons (Fsp3) is 0.444. The molecule has 158 valence electrons. The number of sulfonamides is 1. The molecule has 0 atom stereocenters. The molecular weight excluding hydrogens is 401 g/mol. The number of aromatic nitrogens is 1. The van der Waals surface area contributed by atoms with E-state index in [0.29, 0.717) is 44.4 Å². The van der Waals surface area contributed by atoms with Crippen LogP contribution in [0.3, 0.4) is 0 Å². The van der Waals surface area contributed by atoms with Crippen LogP contribution in [0.5, 0.6) is 5.75 Å². The van der Waals surface area contributed by atoms with Gasteiger partial charge >= 0.3 is 0 Å². The maximum absolute atomic E-state index is 13.8. The van der Waals surface area contributed by atoms with E-state index in [4.69, 9.17) is 9.26 Å². The van der Waals surface area contributed by atoms with Gasteiger partial charge in [0, 0.05) is 45.8 Å². The molecule has 0 saturated carbocycles. The van der Waals surface area contributed by atoms with Gasteiger partial charge in [0.15, 0.2) is 17.5 Å². The summed E-state index contributed by atoms with van der Waals surface area (Å²) >= 11 is 0. The fourth-order valence-electron chi connectivity index (χ4n) is 3.10. The Kier molecular flexibility index (Phi) is 6.70. The first-order valence-electron chi connectivity index (χ1n) is 9.08. The molecule has 0 unspecified atom stereocenters. The third kappa shape index (κ3) is 5.24. The van der Waals surface area contributed by atoms with Gasteiger partial charge in [-0.1, -0.05) is 11.2 Å². The molecule has 1 N–H and O–H groups in total. The molecule has 2 aromatic rings. The number of nitrogens with zero attached hydrogens (tertiary/aromatic N) is 4. The number of piperazine rings is 1. The van der Waals surface area contributed by atoms with Crippen molar-refractivity contribution in [1.82, 2.24) is 19.7 Å². The molecule has 1 aliphatic heterocycles. The first-order valence-corrected chi connectivity index (χ1v) is 10.7. The van der Waals surface area contributed by atoms with Crippen molar-refractivity contribution in [2.45, 2.75) is 12.3 Å². The Balaban J connectivity index is 1.54. The second-order valence-corrected chi connectivity index (χ2v) is 8.47. The molecule has 2 heterocycles. The first-order chi connectivity index (χ1) is 13.9. The minimum absolute atomic E-state index is 0.181. The van der Waals surface area contributed by atoms with Crippen LogP contribution in [0, 0.1) is 5.82 Å². The topological polar surface area (TPSA) is 100 Å². The predicted molar refractivity (Wildman–Crippen MR) is 105 cm³/mol. The highest BCUT2D eigenvalue weighted by Crippen LogP contribution is 2.18. The summed E-state index contributed by atoms with van der Waals surface area (Å²) in [4.78, 5) is 6.23. The van der Waals surface area contributed by atoms with Crippen LogP contribution in [0.15, 0.2) is 40.0 Å². The molecule has 1 saturated heterocycles. The highest BCUT2D eigenvalue weighted by atomic mass is 32.2. The Morgan fingerprint density at radius 2 is 2.07 bits per heavy atom. The molecule has 0 bridgehead atoms. The zero-order chi connectivity index (χ0) is 20.9. The molecule has 0 radical (unpaired) electrons. The minimum atomic E-state index is -3.46. The molecule has 0 spiro atoms. The summed E-state index contributed by atoms with van der Waals surface area (Å²) in [5, 5.41) is 6.86. The molecule has 0 amide bonds. The normalized spacial score (nSPS) is 16.1. The minimum Gasteiger partial charge on any atom is -0.494 e. The van der Waals surface area contributed by atoms with E-state index in [9.17, 15) is 12.8 Å². The number of methoxy groups -OCH3 is 1. The Hall–Kier alpha value is -2.66. The van der Waals surface area contributed by atoms with Crippen LogP contribution in [-0.4, -0.2) is 69.1 Å². The van der Waals surface area contributed by atoms with E-state index in [-0.39, 0.29) is 11.5 Å². The van der Waals surface area contributed by atoms with Gasteiger partial charge in [-0.3, -0.25) is 4.99 Å². The average molecular weight is 425 g/mol. The number of benzene rings is 1. The molecule has 29 heavy (non-hydrogen) atoms. The van der Waals surface area contributed by atoms with Crippen LogP contribution in [-0.2, 0) is 22.3 Å². The number of hydrogen-bond acceptors (Lipinski definition) is 6. The molecule has 9 nitrogen and oxygen atoms in total. The van der Waals surface area contributed by atoms with Gasteiger partial charge in [-0.05, 0) is 17.7 Å². The highest BCUT2D eigenvalue weighted by Gasteiger charge is 2.29. The van der Waals surface area contributed by atoms with E-state index in [1.807, 2.05) is 4.90 Å². The van der Waals surface area contributed by atoms with Gasteiger partial charge in [0.1, 0.15) is 12.0 Å². The maximum atomic E-state index is 13.8. The molecule has 1 aromatic carbocycles. The molecule has 0 aliphatic carbocycles.